The van der Waals surface area contributed by atoms with Crippen LogP contribution in [-0.4, -0.2) is 37.3 Å². The molecule has 2 aromatic rings. The lowest BCUT2D eigenvalue weighted by atomic mass is 10.0. The van der Waals surface area contributed by atoms with Crippen LogP contribution in [0.3, 0.4) is 0 Å². The van der Waals surface area contributed by atoms with Crippen LogP contribution in [0.4, 0.5) is 0 Å². The van der Waals surface area contributed by atoms with Crippen molar-refractivity contribution in [1.82, 2.24) is 5.06 Å². The average Bonchev–Trinajstić information content (AvgIpc) is 2.66. The van der Waals surface area contributed by atoms with E-state index < -0.39 is 8.32 Å². The Morgan fingerprint density at radius 1 is 1.04 bits per heavy atom. The maximum Gasteiger partial charge on any atom is 0.261 e. The van der Waals surface area contributed by atoms with Crippen LogP contribution in [0.2, 0.25) is 5.04 Å². The fourth-order valence-electron chi connectivity index (χ4n) is 4.29. The molecular formula is C23H31NO2Si. The molecule has 0 unspecified atom stereocenters. The van der Waals surface area contributed by atoms with Crippen molar-refractivity contribution in [2.75, 3.05) is 6.54 Å². The second kappa shape index (κ2) is 8.11. The Morgan fingerprint density at radius 2 is 1.56 bits per heavy atom. The third kappa shape index (κ3) is 3.80. The van der Waals surface area contributed by atoms with E-state index in [0.29, 0.717) is 6.54 Å². The van der Waals surface area contributed by atoms with Gasteiger partial charge in [0.25, 0.3) is 8.32 Å². The van der Waals surface area contributed by atoms with Gasteiger partial charge in [-0.25, -0.2) is 0 Å². The van der Waals surface area contributed by atoms with Crippen LogP contribution >= 0.6 is 0 Å². The number of rotatable bonds is 5. The number of hydrogen-bond donors (Lipinski definition) is 1. The van der Waals surface area contributed by atoms with Gasteiger partial charge in [0.15, 0.2) is 0 Å². The number of hydrogen-bond acceptors (Lipinski definition) is 3. The van der Waals surface area contributed by atoms with Crippen molar-refractivity contribution in [1.29, 1.82) is 0 Å². The molecule has 1 aliphatic heterocycles. The molecule has 1 saturated heterocycles. The quantitative estimate of drug-likeness (QED) is 0.628. The molecule has 0 aromatic heterocycles. The molecule has 2 atom stereocenters. The summed E-state index contributed by atoms with van der Waals surface area (Å²) >= 11 is 0. The van der Waals surface area contributed by atoms with Crippen molar-refractivity contribution in [3.05, 3.63) is 73.3 Å². The topological polar surface area (TPSA) is 32.7 Å². The molecule has 0 bridgehead atoms. The first kappa shape index (κ1) is 20.0. The van der Waals surface area contributed by atoms with Crippen molar-refractivity contribution in [2.45, 2.75) is 50.8 Å². The Hall–Kier alpha value is -1.72. The molecule has 3 rings (SSSR count). The summed E-state index contributed by atoms with van der Waals surface area (Å²) in [5.74, 6) is 0. The maximum atomic E-state index is 10.4. The lowest BCUT2D eigenvalue weighted by Crippen LogP contribution is -2.69. The Bertz CT molecular complexity index is 702. The van der Waals surface area contributed by atoms with E-state index in [1.54, 1.807) is 0 Å². The largest absolute Gasteiger partial charge is 0.402 e. The zero-order chi connectivity index (χ0) is 19.5. The maximum absolute atomic E-state index is 10.4. The Balaban J connectivity index is 2.16. The van der Waals surface area contributed by atoms with Crippen LogP contribution in [0.5, 0.6) is 0 Å². The molecule has 144 valence electrons. The summed E-state index contributed by atoms with van der Waals surface area (Å²) in [4.78, 5) is 0. The standard InChI is InChI=1S/C23H31NO2Si/c1-5-21-22(17-12-18-24(21)25)26-27(23(2,3)4,19-13-8-6-9-14-19)20-15-10-7-11-16-20/h5-11,13-16,21-22,25H,1,12,17-18H2,2-4H3/t21-,22+/m1/s1. The summed E-state index contributed by atoms with van der Waals surface area (Å²) in [5.41, 5.74) is 0. The summed E-state index contributed by atoms with van der Waals surface area (Å²) in [5, 5.41) is 14.2. The number of hydroxylamine groups is 2. The van der Waals surface area contributed by atoms with Crippen LogP contribution in [0.25, 0.3) is 0 Å². The fraction of sp³-hybridized carbons (Fsp3) is 0.391. The Labute approximate surface area is 164 Å². The number of benzene rings is 2. The zero-order valence-corrected chi connectivity index (χ0v) is 17.6. The average molecular weight is 382 g/mol. The van der Waals surface area contributed by atoms with Gasteiger partial charge in [0.1, 0.15) is 0 Å². The molecular weight excluding hydrogens is 350 g/mol. The van der Waals surface area contributed by atoms with Crippen molar-refractivity contribution >= 4 is 18.7 Å². The van der Waals surface area contributed by atoms with Crippen molar-refractivity contribution < 1.29 is 9.63 Å². The van der Waals surface area contributed by atoms with E-state index in [0.717, 1.165) is 12.8 Å². The first-order valence-electron chi connectivity index (χ1n) is 9.77. The predicted molar refractivity (Wildman–Crippen MR) is 114 cm³/mol. The summed E-state index contributed by atoms with van der Waals surface area (Å²) in [6, 6.07) is 21.1. The van der Waals surface area contributed by atoms with Crippen LogP contribution in [0.1, 0.15) is 33.6 Å². The lowest BCUT2D eigenvalue weighted by Gasteiger charge is -2.48. The highest BCUT2D eigenvalue weighted by atomic mass is 28.4. The van der Waals surface area contributed by atoms with Gasteiger partial charge in [-0.2, -0.15) is 5.06 Å². The van der Waals surface area contributed by atoms with E-state index in [4.69, 9.17) is 4.43 Å². The minimum Gasteiger partial charge on any atom is -0.402 e. The first-order chi connectivity index (χ1) is 12.9. The third-order valence-corrected chi connectivity index (χ3v) is 10.6. The van der Waals surface area contributed by atoms with Gasteiger partial charge in [-0.3, -0.25) is 0 Å². The SMILES string of the molecule is C=C[C@@H]1[C@@H](O[Si](c2ccccc2)(c2ccccc2)C(C)(C)C)CCCN1O. The lowest BCUT2D eigenvalue weighted by molar-refractivity contribution is -0.155. The molecule has 0 aliphatic carbocycles. The van der Waals surface area contributed by atoms with E-state index in [1.807, 2.05) is 6.08 Å². The smallest absolute Gasteiger partial charge is 0.261 e. The summed E-state index contributed by atoms with van der Waals surface area (Å²) in [6.07, 6.45) is 3.59. The molecule has 27 heavy (non-hydrogen) atoms. The van der Waals surface area contributed by atoms with Crippen molar-refractivity contribution in [2.24, 2.45) is 0 Å². The third-order valence-electron chi connectivity index (χ3n) is 5.59. The predicted octanol–water partition coefficient (Wildman–Crippen LogP) is 3.97. The fourth-order valence-corrected chi connectivity index (χ4v) is 9.01. The van der Waals surface area contributed by atoms with E-state index in [2.05, 4.69) is 88.0 Å². The first-order valence-corrected chi connectivity index (χ1v) is 11.7. The molecule has 1 N–H and O–H groups in total. The second-order valence-corrected chi connectivity index (χ2v) is 12.6. The molecule has 1 heterocycles. The molecule has 3 nitrogen and oxygen atoms in total. The molecule has 0 radical (unpaired) electrons. The molecule has 0 saturated carbocycles. The van der Waals surface area contributed by atoms with Gasteiger partial charge in [0.2, 0.25) is 0 Å². The van der Waals surface area contributed by atoms with Crippen LogP contribution < -0.4 is 10.4 Å². The normalized spacial score (nSPS) is 21.8. The molecule has 4 heteroatoms. The summed E-state index contributed by atoms with van der Waals surface area (Å²) in [6.45, 7) is 11.5. The van der Waals surface area contributed by atoms with E-state index in [9.17, 15) is 5.21 Å². The van der Waals surface area contributed by atoms with Gasteiger partial charge in [-0.15, -0.1) is 6.58 Å². The van der Waals surface area contributed by atoms with Gasteiger partial charge in [0, 0.05) is 6.54 Å². The molecule has 0 amide bonds. The van der Waals surface area contributed by atoms with Crippen LogP contribution in [0, 0.1) is 0 Å². The number of piperidine rings is 1. The summed E-state index contributed by atoms with van der Waals surface area (Å²) in [7, 11) is -2.61. The second-order valence-electron chi connectivity index (χ2n) is 8.35. The highest BCUT2D eigenvalue weighted by Gasteiger charge is 2.52. The highest BCUT2D eigenvalue weighted by molar-refractivity contribution is 6.99. The summed E-state index contributed by atoms with van der Waals surface area (Å²) < 4.78 is 7.16. The van der Waals surface area contributed by atoms with Gasteiger partial charge < -0.3 is 9.63 Å². The Kier molecular flexibility index (Phi) is 6.01. The monoisotopic (exact) mass is 381 g/mol. The highest BCUT2D eigenvalue weighted by Crippen LogP contribution is 2.39. The van der Waals surface area contributed by atoms with Crippen molar-refractivity contribution in [3.8, 4) is 0 Å². The zero-order valence-electron chi connectivity index (χ0n) is 16.6. The van der Waals surface area contributed by atoms with E-state index >= 15 is 0 Å². The van der Waals surface area contributed by atoms with Gasteiger partial charge in [-0.1, -0.05) is 87.5 Å². The van der Waals surface area contributed by atoms with Gasteiger partial charge in [-0.05, 0) is 28.3 Å². The minimum absolute atomic E-state index is 0.0703. The van der Waals surface area contributed by atoms with E-state index in [1.165, 1.54) is 15.4 Å². The molecule has 1 fully saturated rings. The molecule has 0 spiro atoms. The van der Waals surface area contributed by atoms with E-state index in [-0.39, 0.29) is 17.2 Å². The molecule has 1 aliphatic rings. The van der Waals surface area contributed by atoms with Gasteiger partial charge >= 0.3 is 0 Å². The van der Waals surface area contributed by atoms with Crippen molar-refractivity contribution in [3.63, 3.8) is 0 Å². The minimum atomic E-state index is -2.61. The van der Waals surface area contributed by atoms with Crippen LogP contribution in [-0.2, 0) is 4.43 Å². The van der Waals surface area contributed by atoms with Crippen LogP contribution in [0.15, 0.2) is 73.3 Å². The number of nitrogens with zero attached hydrogens (tertiary/aromatic N) is 1. The van der Waals surface area contributed by atoms with Gasteiger partial charge in [0.05, 0.1) is 12.1 Å². The molecule has 2 aromatic carbocycles. The Morgan fingerprint density at radius 3 is 2.00 bits per heavy atom.